The van der Waals surface area contributed by atoms with Gasteiger partial charge in [0.25, 0.3) is 0 Å². The number of fused-ring (bicyclic) bond motifs is 1. The summed E-state index contributed by atoms with van der Waals surface area (Å²) in [6, 6.07) is 24.1. The van der Waals surface area contributed by atoms with Crippen molar-refractivity contribution >= 4 is 23.1 Å². The molecule has 4 heteroatoms. The molecule has 2 aromatic carbocycles. The van der Waals surface area contributed by atoms with E-state index in [1.54, 1.807) is 0 Å². The van der Waals surface area contributed by atoms with Crippen LogP contribution in [0.2, 0.25) is 5.02 Å². The molecule has 0 fully saturated rings. The summed E-state index contributed by atoms with van der Waals surface area (Å²) < 4.78 is 2.08. The van der Waals surface area contributed by atoms with Gasteiger partial charge in [-0.3, -0.25) is 4.40 Å². The van der Waals surface area contributed by atoms with Crippen LogP contribution < -0.4 is 5.32 Å². The third-order valence-electron chi connectivity index (χ3n) is 3.95. The monoisotopic (exact) mass is 333 g/mol. The number of halogens is 1. The SMILES string of the molecule is Clc1ccc(-c2nc3ccccn3c2NCc2ccccc2)cc1. The van der Waals surface area contributed by atoms with Crippen LogP contribution in [0.3, 0.4) is 0 Å². The van der Waals surface area contributed by atoms with Gasteiger partial charge in [0, 0.05) is 23.3 Å². The molecular weight excluding hydrogens is 318 g/mol. The minimum atomic E-state index is 0.723. The lowest BCUT2D eigenvalue weighted by Gasteiger charge is -2.09. The van der Waals surface area contributed by atoms with Crippen LogP contribution in [0.4, 0.5) is 5.82 Å². The van der Waals surface area contributed by atoms with Crippen LogP contribution >= 0.6 is 11.6 Å². The van der Waals surface area contributed by atoms with Gasteiger partial charge < -0.3 is 5.32 Å². The number of benzene rings is 2. The van der Waals surface area contributed by atoms with E-state index < -0.39 is 0 Å². The third kappa shape index (κ3) is 2.86. The zero-order valence-corrected chi connectivity index (χ0v) is 13.7. The van der Waals surface area contributed by atoms with Crippen LogP contribution in [0, 0.1) is 0 Å². The summed E-state index contributed by atoms with van der Waals surface area (Å²) in [6.45, 7) is 0.740. The van der Waals surface area contributed by atoms with Gasteiger partial charge in [0.1, 0.15) is 17.2 Å². The lowest BCUT2D eigenvalue weighted by atomic mass is 10.1. The summed E-state index contributed by atoms with van der Waals surface area (Å²) in [5.41, 5.74) is 4.11. The zero-order chi connectivity index (χ0) is 16.4. The van der Waals surface area contributed by atoms with Gasteiger partial charge in [0.05, 0.1) is 0 Å². The number of hydrogen-bond donors (Lipinski definition) is 1. The van der Waals surface area contributed by atoms with Crippen LogP contribution in [0.25, 0.3) is 16.9 Å². The summed E-state index contributed by atoms with van der Waals surface area (Å²) in [5, 5.41) is 4.26. The van der Waals surface area contributed by atoms with Crippen LogP contribution in [0.1, 0.15) is 5.56 Å². The van der Waals surface area contributed by atoms with Gasteiger partial charge in [-0.1, -0.05) is 60.1 Å². The number of imidazole rings is 1. The normalized spacial score (nSPS) is 10.9. The fourth-order valence-corrected chi connectivity index (χ4v) is 2.88. The van der Waals surface area contributed by atoms with Gasteiger partial charge in [0.2, 0.25) is 0 Å². The van der Waals surface area contributed by atoms with Crippen molar-refractivity contribution in [2.45, 2.75) is 6.54 Å². The molecule has 0 unspecified atom stereocenters. The summed E-state index contributed by atoms with van der Waals surface area (Å²) >= 11 is 6.02. The van der Waals surface area contributed by atoms with E-state index >= 15 is 0 Å². The number of rotatable bonds is 4. The fraction of sp³-hybridized carbons (Fsp3) is 0.0500. The highest BCUT2D eigenvalue weighted by molar-refractivity contribution is 6.30. The van der Waals surface area contributed by atoms with E-state index in [1.807, 2.05) is 66.9 Å². The van der Waals surface area contributed by atoms with Crippen LogP contribution in [-0.4, -0.2) is 9.38 Å². The summed E-state index contributed by atoms with van der Waals surface area (Å²) in [4.78, 5) is 4.78. The molecule has 0 saturated carbocycles. The van der Waals surface area contributed by atoms with Crippen LogP contribution in [0.15, 0.2) is 79.0 Å². The first-order valence-electron chi connectivity index (χ1n) is 7.82. The highest BCUT2D eigenvalue weighted by Crippen LogP contribution is 2.29. The lowest BCUT2D eigenvalue weighted by Crippen LogP contribution is -2.03. The predicted molar refractivity (Wildman–Crippen MR) is 99.4 cm³/mol. The van der Waals surface area contributed by atoms with E-state index in [1.165, 1.54) is 5.56 Å². The number of anilines is 1. The molecule has 0 atom stereocenters. The van der Waals surface area contributed by atoms with E-state index in [9.17, 15) is 0 Å². The summed E-state index contributed by atoms with van der Waals surface area (Å²) in [5.74, 6) is 0.983. The Balaban J connectivity index is 1.77. The molecule has 2 heterocycles. The Kier molecular flexibility index (Phi) is 3.93. The molecule has 0 bridgehead atoms. The van der Waals surface area contributed by atoms with Crippen molar-refractivity contribution in [2.75, 3.05) is 5.32 Å². The molecule has 0 saturated heterocycles. The third-order valence-corrected chi connectivity index (χ3v) is 4.20. The second kappa shape index (κ2) is 6.38. The molecule has 0 aliphatic rings. The predicted octanol–water partition coefficient (Wildman–Crippen LogP) is 5.27. The zero-order valence-electron chi connectivity index (χ0n) is 13.0. The standard InChI is InChI=1S/C20H16ClN3/c21-17-11-9-16(10-12-17)19-20(22-14-15-6-2-1-3-7-15)24-13-5-4-8-18(24)23-19/h1-13,22H,14H2. The van der Waals surface area contributed by atoms with Gasteiger partial charge in [-0.15, -0.1) is 0 Å². The van der Waals surface area contributed by atoms with E-state index in [-0.39, 0.29) is 0 Å². The van der Waals surface area contributed by atoms with Gasteiger partial charge >= 0.3 is 0 Å². The Hall–Kier alpha value is -2.78. The van der Waals surface area contributed by atoms with Gasteiger partial charge in [-0.25, -0.2) is 4.98 Å². The molecule has 0 spiro atoms. The number of aromatic nitrogens is 2. The Morgan fingerprint density at radius 3 is 2.42 bits per heavy atom. The molecule has 0 aliphatic heterocycles. The van der Waals surface area contributed by atoms with Gasteiger partial charge in [0.15, 0.2) is 0 Å². The molecule has 1 N–H and O–H groups in total. The number of nitrogens with one attached hydrogen (secondary N) is 1. The molecule has 2 aromatic heterocycles. The average molecular weight is 334 g/mol. The molecule has 4 aromatic rings. The minimum Gasteiger partial charge on any atom is -0.365 e. The Bertz CT molecular complexity index is 959. The number of hydrogen-bond acceptors (Lipinski definition) is 2. The Morgan fingerprint density at radius 2 is 1.62 bits per heavy atom. The molecular formula is C20H16ClN3. The summed E-state index contributed by atoms with van der Waals surface area (Å²) in [6.07, 6.45) is 2.02. The maximum Gasteiger partial charge on any atom is 0.139 e. The fourth-order valence-electron chi connectivity index (χ4n) is 2.76. The molecule has 0 aliphatic carbocycles. The lowest BCUT2D eigenvalue weighted by molar-refractivity contribution is 1.08. The molecule has 24 heavy (non-hydrogen) atoms. The maximum absolute atomic E-state index is 6.02. The molecule has 118 valence electrons. The first-order chi connectivity index (χ1) is 11.8. The molecule has 0 radical (unpaired) electrons. The van der Waals surface area contributed by atoms with E-state index in [0.717, 1.165) is 34.3 Å². The minimum absolute atomic E-state index is 0.723. The van der Waals surface area contributed by atoms with Crippen molar-refractivity contribution in [3.8, 4) is 11.3 Å². The topological polar surface area (TPSA) is 29.3 Å². The Labute approximate surface area is 145 Å². The van der Waals surface area contributed by atoms with Crippen molar-refractivity contribution < 1.29 is 0 Å². The van der Waals surface area contributed by atoms with Crippen molar-refractivity contribution in [2.24, 2.45) is 0 Å². The smallest absolute Gasteiger partial charge is 0.139 e. The van der Waals surface area contributed by atoms with Crippen molar-refractivity contribution in [1.29, 1.82) is 0 Å². The second-order valence-electron chi connectivity index (χ2n) is 5.58. The van der Waals surface area contributed by atoms with Gasteiger partial charge in [-0.2, -0.15) is 0 Å². The highest BCUT2D eigenvalue weighted by Gasteiger charge is 2.13. The largest absolute Gasteiger partial charge is 0.365 e. The Morgan fingerprint density at radius 1 is 0.875 bits per heavy atom. The number of nitrogens with zero attached hydrogens (tertiary/aromatic N) is 2. The second-order valence-corrected chi connectivity index (χ2v) is 6.02. The number of pyridine rings is 1. The molecule has 0 amide bonds. The molecule has 3 nitrogen and oxygen atoms in total. The van der Waals surface area contributed by atoms with Gasteiger partial charge in [-0.05, 0) is 29.8 Å². The first-order valence-corrected chi connectivity index (χ1v) is 8.20. The molecule has 4 rings (SSSR count). The quantitative estimate of drug-likeness (QED) is 0.551. The summed E-state index contributed by atoms with van der Waals surface area (Å²) in [7, 11) is 0. The van der Waals surface area contributed by atoms with E-state index in [4.69, 9.17) is 16.6 Å². The highest BCUT2D eigenvalue weighted by atomic mass is 35.5. The first kappa shape index (κ1) is 14.8. The van der Waals surface area contributed by atoms with Crippen molar-refractivity contribution in [3.63, 3.8) is 0 Å². The van der Waals surface area contributed by atoms with Crippen LogP contribution in [-0.2, 0) is 6.54 Å². The van der Waals surface area contributed by atoms with Crippen molar-refractivity contribution in [1.82, 2.24) is 9.38 Å². The average Bonchev–Trinajstić information content (AvgIpc) is 3.00. The van der Waals surface area contributed by atoms with E-state index in [2.05, 4.69) is 21.9 Å². The van der Waals surface area contributed by atoms with E-state index in [0.29, 0.717) is 0 Å². The van der Waals surface area contributed by atoms with Crippen molar-refractivity contribution in [3.05, 3.63) is 89.6 Å². The van der Waals surface area contributed by atoms with Crippen LogP contribution in [0.5, 0.6) is 0 Å². The maximum atomic E-state index is 6.02.